The molecule has 2 nitrogen and oxygen atoms in total. The Morgan fingerprint density at radius 1 is 1.05 bits per heavy atom. The van der Waals surface area contributed by atoms with Crippen LogP contribution in [0.3, 0.4) is 0 Å². The first-order chi connectivity index (χ1) is 9.10. The molecule has 2 aromatic carbocycles. The van der Waals surface area contributed by atoms with E-state index in [1.807, 2.05) is 32.2 Å². The zero-order valence-corrected chi connectivity index (χ0v) is 13.0. The second kappa shape index (κ2) is 6.22. The number of hydrogen-bond donors (Lipinski definition) is 1. The van der Waals surface area contributed by atoms with Crippen LogP contribution in [-0.4, -0.2) is 7.05 Å². The van der Waals surface area contributed by atoms with E-state index in [9.17, 15) is 0 Å². The molecule has 3 heteroatoms. The first-order valence-corrected chi connectivity index (χ1v) is 7.07. The summed E-state index contributed by atoms with van der Waals surface area (Å²) >= 11 is 3.46. The normalized spacial score (nSPS) is 10.5. The minimum atomic E-state index is 0.878. The number of nitrogens with one attached hydrogen (secondary N) is 1. The topological polar surface area (TPSA) is 21.3 Å². The van der Waals surface area contributed by atoms with E-state index in [1.54, 1.807) is 0 Å². The molecule has 0 saturated carbocycles. The molecule has 19 heavy (non-hydrogen) atoms. The SMILES string of the molecule is CNCc1ccc(Oc2ccc(Br)cc2C)cc1C. The standard InChI is InChI=1S/C16H18BrNO/c1-11-9-15(6-4-13(11)10-18-3)19-16-7-5-14(17)8-12(16)2/h4-9,18H,10H2,1-3H3. The number of rotatable bonds is 4. The van der Waals surface area contributed by atoms with Gasteiger partial charge in [-0.2, -0.15) is 0 Å². The van der Waals surface area contributed by atoms with Gasteiger partial charge in [-0.1, -0.05) is 22.0 Å². The lowest BCUT2D eigenvalue weighted by atomic mass is 10.1. The molecule has 0 aromatic heterocycles. The monoisotopic (exact) mass is 319 g/mol. The molecule has 0 heterocycles. The van der Waals surface area contributed by atoms with Crippen LogP contribution in [0.4, 0.5) is 0 Å². The highest BCUT2D eigenvalue weighted by Gasteiger charge is 2.04. The van der Waals surface area contributed by atoms with Crippen LogP contribution < -0.4 is 10.1 Å². The van der Waals surface area contributed by atoms with E-state index in [-0.39, 0.29) is 0 Å². The minimum Gasteiger partial charge on any atom is -0.457 e. The van der Waals surface area contributed by atoms with Crippen LogP contribution in [0, 0.1) is 13.8 Å². The fraction of sp³-hybridized carbons (Fsp3) is 0.250. The van der Waals surface area contributed by atoms with Crippen molar-refractivity contribution >= 4 is 15.9 Å². The average Bonchev–Trinajstić information content (AvgIpc) is 2.36. The summed E-state index contributed by atoms with van der Waals surface area (Å²) in [6, 6.07) is 12.2. The van der Waals surface area contributed by atoms with Crippen LogP contribution in [0.5, 0.6) is 11.5 Å². The Morgan fingerprint density at radius 3 is 2.47 bits per heavy atom. The lowest BCUT2D eigenvalue weighted by Gasteiger charge is -2.11. The van der Waals surface area contributed by atoms with Crippen molar-refractivity contribution in [2.45, 2.75) is 20.4 Å². The Labute approximate surface area is 122 Å². The molecule has 0 spiro atoms. The largest absolute Gasteiger partial charge is 0.457 e. The summed E-state index contributed by atoms with van der Waals surface area (Å²) < 4.78 is 7.00. The molecule has 1 N–H and O–H groups in total. The minimum absolute atomic E-state index is 0.878. The molecule has 2 rings (SSSR count). The molecule has 0 aliphatic heterocycles. The molecule has 0 radical (unpaired) electrons. The van der Waals surface area contributed by atoms with Gasteiger partial charge >= 0.3 is 0 Å². The van der Waals surface area contributed by atoms with Crippen molar-refractivity contribution in [1.82, 2.24) is 5.32 Å². The van der Waals surface area contributed by atoms with Gasteiger partial charge in [-0.25, -0.2) is 0 Å². The number of ether oxygens (including phenoxy) is 1. The second-order valence-electron chi connectivity index (χ2n) is 4.63. The van der Waals surface area contributed by atoms with Crippen molar-refractivity contribution < 1.29 is 4.74 Å². The Hall–Kier alpha value is -1.32. The smallest absolute Gasteiger partial charge is 0.130 e. The molecular formula is C16H18BrNO. The van der Waals surface area contributed by atoms with Crippen LogP contribution >= 0.6 is 15.9 Å². The molecule has 0 saturated heterocycles. The van der Waals surface area contributed by atoms with Gasteiger partial charge in [-0.05, 0) is 67.9 Å². The molecule has 0 aliphatic rings. The first-order valence-electron chi connectivity index (χ1n) is 6.28. The Bertz CT molecular complexity index is 581. The highest BCUT2D eigenvalue weighted by molar-refractivity contribution is 9.10. The van der Waals surface area contributed by atoms with Crippen molar-refractivity contribution in [1.29, 1.82) is 0 Å². The van der Waals surface area contributed by atoms with E-state index >= 15 is 0 Å². The Balaban J connectivity index is 2.21. The van der Waals surface area contributed by atoms with Crippen LogP contribution in [-0.2, 0) is 6.54 Å². The molecule has 0 bridgehead atoms. The summed E-state index contributed by atoms with van der Waals surface area (Å²) in [7, 11) is 1.95. The summed E-state index contributed by atoms with van der Waals surface area (Å²) in [6.45, 7) is 5.03. The molecule has 0 aliphatic carbocycles. The lowest BCUT2D eigenvalue weighted by Crippen LogP contribution is -2.06. The van der Waals surface area contributed by atoms with Gasteiger partial charge in [0.2, 0.25) is 0 Å². The Kier molecular flexibility index (Phi) is 4.61. The summed E-state index contributed by atoms with van der Waals surface area (Å²) in [4.78, 5) is 0. The predicted octanol–water partition coefficient (Wildman–Crippen LogP) is 4.58. The van der Waals surface area contributed by atoms with Crippen LogP contribution in [0.15, 0.2) is 40.9 Å². The molecule has 0 fully saturated rings. The highest BCUT2D eigenvalue weighted by Crippen LogP contribution is 2.28. The van der Waals surface area contributed by atoms with Gasteiger partial charge in [0.15, 0.2) is 0 Å². The van der Waals surface area contributed by atoms with Gasteiger partial charge in [-0.3, -0.25) is 0 Å². The van der Waals surface area contributed by atoms with E-state index in [0.29, 0.717) is 0 Å². The number of aryl methyl sites for hydroxylation is 2. The van der Waals surface area contributed by atoms with Gasteiger partial charge < -0.3 is 10.1 Å². The van der Waals surface area contributed by atoms with Crippen LogP contribution in [0.1, 0.15) is 16.7 Å². The molecule has 0 amide bonds. The van der Waals surface area contributed by atoms with Gasteiger partial charge in [-0.15, -0.1) is 0 Å². The maximum atomic E-state index is 5.94. The summed E-state index contributed by atoms with van der Waals surface area (Å²) in [5, 5.41) is 3.16. The summed E-state index contributed by atoms with van der Waals surface area (Å²) in [5.74, 6) is 1.77. The van der Waals surface area contributed by atoms with Gasteiger partial charge in [0, 0.05) is 11.0 Å². The summed E-state index contributed by atoms with van der Waals surface area (Å²) in [5.41, 5.74) is 3.65. The van der Waals surface area contributed by atoms with Crippen molar-refractivity contribution in [3.8, 4) is 11.5 Å². The molecule has 2 aromatic rings. The first kappa shape index (κ1) is 14.1. The third-order valence-corrected chi connectivity index (χ3v) is 3.54. The highest BCUT2D eigenvalue weighted by atomic mass is 79.9. The number of benzene rings is 2. The van der Waals surface area contributed by atoms with Gasteiger partial charge in [0.05, 0.1) is 0 Å². The summed E-state index contributed by atoms with van der Waals surface area (Å²) in [6.07, 6.45) is 0. The fourth-order valence-corrected chi connectivity index (χ4v) is 2.45. The van der Waals surface area contributed by atoms with Crippen LogP contribution in [0.2, 0.25) is 0 Å². The zero-order chi connectivity index (χ0) is 13.8. The van der Waals surface area contributed by atoms with E-state index in [0.717, 1.165) is 28.1 Å². The maximum absolute atomic E-state index is 5.94. The number of hydrogen-bond acceptors (Lipinski definition) is 2. The van der Waals surface area contributed by atoms with E-state index in [4.69, 9.17) is 4.74 Å². The third kappa shape index (κ3) is 3.58. The van der Waals surface area contributed by atoms with E-state index in [2.05, 4.69) is 46.4 Å². The zero-order valence-electron chi connectivity index (χ0n) is 11.5. The van der Waals surface area contributed by atoms with Gasteiger partial charge in [0.25, 0.3) is 0 Å². The molecule has 100 valence electrons. The lowest BCUT2D eigenvalue weighted by molar-refractivity contribution is 0.478. The molecular weight excluding hydrogens is 302 g/mol. The third-order valence-electron chi connectivity index (χ3n) is 3.05. The quantitative estimate of drug-likeness (QED) is 0.890. The average molecular weight is 320 g/mol. The second-order valence-corrected chi connectivity index (χ2v) is 5.55. The number of halogens is 1. The maximum Gasteiger partial charge on any atom is 0.130 e. The predicted molar refractivity (Wildman–Crippen MR) is 82.9 cm³/mol. The van der Waals surface area contributed by atoms with E-state index < -0.39 is 0 Å². The van der Waals surface area contributed by atoms with Crippen molar-refractivity contribution in [2.75, 3.05) is 7.05 Å². The molecule has 0 unspecified atom stereocenters. The molecule has 0 atom stereocenters. The van der Waals surface area contributed by atoms with E-state index in [1.165, 1.54) is 11.1 Å². The Morgan fingerprint density at radius 2 is 1.84 bits per heavy atom. The van der Waals surface area contributed by atoms with Gasteiger partial charge in [0.1, 0.15) is 11.5 Å². The fourth-order valence-electron chi connectivity index (χ4n) is 1.97. The van der Waals surface area contributed by atoms with Crippen molar-refractivity contribution in [3.05, 3.63) is 57.6 Å². The van der Waals surface area contributed by atoms with Crippen molar-refractivity contribution in [2.24, 2.45) is 0 Å². The van der Waals surface area contributed by atoms with Crippen LogP contribution in [0.25, 0.3) is 0 Å². The van der Waals surface area contributed by atoms with Crippen molar-refractivity contribution in [3.63, 3.8) is 0 Å².